The number of nitrogens with zero attached hydrogens (tertiary/aromatic N) is 6. The number of rotatable bonds is 7. The van der Waals surface area contributed by atoms with Crippen LogP contribution < -0.4 is 10.2 Å². The Morgan fingerprint density at radius 1 is 0.860 bits per heavy atom. The van der Waals surface area contributed by atoms with Crippen LogP contribution in [0.2, 0.25) is 0 Å². The van der Waals surface area contributed by atoms with Crippen LogP contribution in [0, 0.1) is 5.82 Å². The van der Waals surface area contributed by atoms with E-state index in [0.717, 1.165) is 23.2 Å². The standard InChI is InChI=1S/C35H25F4N7O4/c1-2-44-31-27(24(43-46(31)21-8-4-3-5-9-21)18-45-32(48)22-10-6-7-11-23(22)33(45)49)26(19-12-14-20(36)15-13-19)28(34(44)50)42-30(47)29-40-17-16-25(41-29)35(37,38)39/h3-17,26,28H,2,18H2,1H3,(H,42,47)/t26-,28+/m1/s1. The number of nitrogens with one attached hydrogen (secondary N) is 1. The lowest BCUT2D eigenvalue weighted by Crippen LogP contribution is -2.55. The van der Waals surface area contributed by atoms with Crippen molar-refractivity contribution in [3.8, 4) is 5.69 Å². The number of carbonyl (C=O) groups is 4. The molecule has 0 radical (unpaired) electrons. The lowest BCUT2D eigenvalue weighted by Gasteiger charge is -2.38. The van der Waals surface area contributed by atoms with Crippen molar-refractivity contribution in [2.45, 2.75) is 31.6 Å². The van der Waals surface area contributed by atoms with Gasteiger partial charge in [-0.05, 0) is 55.0 Å². The van der Waals surface area contributed by atoms with E-state index >= 15 is 0 Å². The molecule has 11 nitrogen and oxygen atoms in total. The quantitative estimate of drug-likeness (QED) is 0.191. The molecule has 7 rings (SSSR count). The van der Waals surface area contributed by atoms with Gasteiger partial charge in [0.2, 0.25) is 5.82 Å². The number of halogens is 4. The van der Waals surface area contributed by atoms with E-state index < -0.39 is 59.1 Å². The van der Waals surface area contributed by atoms with Gasteiger partial charge in [-0.1, -0.05) is 42.5 Å². The molecule has 2 aliphatic rings. The third kappa shape index (κ3) is 5.45. The van der Waals surface area contributed by atoms with Crippen molar-refractivity contribution in [3.63, 3.8) is 0 Å². The molecule has 252 valence electrons. The molecule has 5 aromatic rings. The number of carbonyl (C=O) groups excluding carboxylic acids is 4. The lowest BCUT2D eigenvalue weighted by atomic mass is 9.80. The molecular formula is C35H25F4N7O4. The molecule has 1 N–H and O–H groups in total. The van der Waals surface area contributed by atoms with Crippen molar-refractivity contribution in [2.75, 3.05) is 11.4 Å². The normalized spacial score (nSPS) is 17.2. The molecule has 50 heavy (non-hydrogen) atoms. The smallest absolute Gasteiger partial charge is 0.337 e. The molecule has 0 aliphatic carbocycles. The summed E-state index contributed by atoms with van der Waals surface area (Å²) >= 11 is 0. The Bertz CT molecular complexity index is 2140. The molecule has 0 unspecified atom stereocenters. The second kappa shape index (κ2) is 12.3. The van der Waals surface area contributed by atoms with Crippen LogP contribution in [0.25, 0.3) is 5.69 Å². The van der Waals surface area contributed by atoms with Gasteiger partial charge in [0.15, 0.2) is 0 Å². The van der Waals surface area contributed by atoms with Crippen molar-refractivity contribution in [1.82, 2.24) is 30.0 Å². The molecule has 4 amide bonds. The predicted octanol–water partition coefficient (Wildman–Crippen LogP) is 4.91. The van der Waals surface area contributed by atoms with E-state index in [1.807, 2.05) is 0 Å². The number of amides is 4. The van der Waals surface area contributed by atoms with Crippen LogP contribution in [0.4, 0.5) is 23.4 Å². The molecule has 0 bridgehead atoms. The third-order valence-corrected chi connectivity index (χ3v) is 8.57. The summed E-state index contributed by atoms with van der Waals surface area (Å²) in [6.45, 7) is 1.40. The number of aromatic nitrogens is 4. The zero-order valence-corrected chi connectivity index (χ0v) is 26.1. The Labute approximate surface area is 281 Å². The average Bonchev–Trinajstić information content (AvgIpc) is 3.60. The highest BCUT2D eigenvalue weighted by Crippen LogP contribution is 2.44. The number of benzene rings is 3. The number of hydrogen-bond donors (Lipinski definition) is 1. The predicted molar refractivity (Wildman–Crippen MR) is 169 cm³/mol. The maximum Gasteiger partial charge on any atom is 0.433 e. The Morgan fingerprint density at radius 3 is 2.12 bits per heavy atom. The average molecular weight is 684 g/mol. The fourth-order valence-corrected chi connectivity index (χ4v) is 6.34. The van der Waals surface area contributed by atoms with Crippen LogP contribution in [0.5, 0.6) is 0 Å². The maximum absolute atomic E-state index is 14.4. The van der Waals surface area contributed by atoms with E-state index in [2.05, 4.69) is 15.3 Å². The minimum absolute atomic E-state index is 0.0549. The summed E-state index contributed by atoms with van der Waals surface area (Å²) in [7, 11) is 0. The highest BCUT2D eigenvalue weighted by molar-refractivity contribution is 6.21. The van der Waals surface area contributed by atoms with Gasteiger partial charge >= 0.3 is 6.18 Å². The molecule has 3 aromatic carbocycles. The zero-order chi connectivity index (χ0) is 35.3. The first-order valence-electron chi connectivity index (χ1n) is 15.4. The van der Waals surface area contributed by atoms with E-state index in [9.17, 15) is 36.7 Å². The number of fused-ring (bicyclic) bond motifs is 2. The number of anilines is 1. The van der Waals surface area contributed by atoms with E-state index in [-0.39, 0.29) is 35.7 Å². The summed E-state index contributed by atoms with van der Waals surface area (Å²) in [5.41, 5.74) is 0.445. The summed E-state index contributed by atoms with van der Waals surface area (Å²) in [5.74, 6) is -5.21. The first-order valence-corrected chi connectivity index (χ1v) is 15.4. The zero-order valence-electron chi connectivity index (χ0n) is 26.1. The highest BCUT2D eigenvalue weighted by atomic mass is 19.4. The van der Waals surface area contributed by atoms with Crippen LogP contribution in [-0.4, -0.2) is 60.9 Å². The first kappa shape index (κ1) is 32.3. The highest BCUT2D eigenvalue weighted by Gasteiger charge is 2.47. The van der Waals surface area contributed by atoms with Crippen LogP contribution in [0.3, 0.4) is 0 Å². The van der Waals surface area contributed by atoms with Crippen LogP contribution in [0.1, 0.15) is 66.7 Å². The second-order valence-electron chi connectivity index (χ2n) is 11.5. The fourth-order valence-electron chi connectivity index (χ4n) is 6.34. The number of imide groups is 1. The van der Waals surface area contributed by atoms with Crippen molar-refractivity contribution in [3.05, 3.63) is 136 Å². The van der Waals surface area contributed by atoms with Gasteiger partial charge in [-0.25, -0.2) is 19.0 Å². The summed E-state index contributed by atoms with van der Waals surface area (Å²) in [6.07, 6.45) is -4.08. The van der Waals surface area contributed by atoms with Crippen molar-refractivity contribution in [1.29, 1.82) is 0 Å². The van der Waals surface area contributed by atoms with Gasteiger partial charge in [0.25, 0.3) is 23.6 Å². The fraction of sp³-hybridized carbons (Fsp3) is 0.171. The molecule has 15 heteroatoms. The van der Waals surface area contributed by atoms with E-state index in [1.165, 1.54) is 33.8 Å². The summed E-state index contributed by atoms with van der Waals surface area (Å²) in [6, 6.07) is 19.4. The number of alkyl halides is 3. The first-order chi connectivity index (χ1) is 24.0. The molecule has 4 heterocycles. The molecule has 2 atom stereocenters. The Morgan fingerprint density at radius 2 is 1.50 bits per heavy atom. The maximum atomic E-state index is 14.4. The molecule has 2 aliphatic heterocycles. The summed E-state index contributed by atoms with van der Waals surface area (Å²) < 4.78 is 56.1. The SMILES string of the molecule is CCN1C(=O)[C@@H](NC(=O)c2nccc(C(F)(F)F)n2)[C@H](c2ccc(F)cc2)c2c(CN3C(=O)c4ccccc4C3=O)nn(-c3ccccc3)c21. The number of para-hydroxylation sites is 1. The molecule has 2 aromatic heterocycles. The Hall–Kier alpha value is -6.25. The Balaban J connectivity index is 1.41. The third-order valence-electron chi connectivity index (χ3n) is 8.57. The molecule has 0 fully saturated rings. The van der Waals surface area contributed by atoms with Crippen LogP contribution >= 0.6 is 0 Å². The summed E-state index contributed by atoms with van der Waals surface area (Å²) in [5, 5.41) is 7.37. The van der Waals surface area contributed by atoms with Gasteiger partial charge in [-0.2, -0.15) is 18.3 Å². The van der Waals surface area contributed by atoms with Crippen LogP contribution in [-0.2, 0) is 17.5 Å². The monoisotopic (exact) mass is 683 g/mol. The minimum atomic E-state index is -4.87. The molecule has 0 saturated heterocycles. The van der Waals surface area contributed by atoms with Gasteiger partial charge in [0.05, 0.1) is 29.1 Å². The van der Waals surface area contributed by atoms with E-state index in [1.54, 1.807) is 49.4 Å². The number of hydrogen-bond acceptors (Lipinski definition) is 7. The molecule has 0 saturated carbocycles. The lowest BCUT2D eigenvalue weighted by molar-refractivity contribution is -0.141. The minimum Gasteiger partial charge on any atom is -0.337 e. The van der Waals surface area contributed by atoms with Gasteiger partial charge in [0.1, 0.15) is 23.4 Å². The van der Waals surface area contributed by atoms with Crippen LogP contribution in [0.15, 0.2) is 91.1 Å². The van der Waals surface area contributed by atoms with Crippen molar-refractivity contribution >= 4 is 29.4 Å². The topological polar surface area (TPSA) is 130 Å². The van der Waals surface area contributed by atoms with Gasteiger partial charge < -0.3 is 5.32 Å². The van der Waals surface area contributed by atoms with Gasteiger partial charge in [-0.3, -0.25) is 29.0 Å². The summed E-state index contributed by atoms with van der Waals surface area (Å²) in [4.78, 5) is 64.4. The molecule has 0 spiro atoms. The van der Waals surface area contributed by atoms with Gasteiger partial charge in [-0.15, -0.1) is 0 Å². The van der Waals surface area contributed by atoms with Crippen molar-refractivity contribution in [2.24, 2.45) is 0 Å². The molecular weight excluding hydrogens is 658 g/mol. The second-order valence-corrected chi connectivity index (χ2v) is 11.5. The van der Waals surface area contributed by atoms with Crippen molar-refractivity contribution < 1.29 is 36.7 Å². The van der Waals surface area contributed by atoms with Gasteiger partial charge in [0, 0.05) is 24.2 Å². The van der Waals surface area contributed by atoms with E-state index in [0.29, 0.717) is 22.9 Å². The van der Waals surface area contributed by atoms with E-state index in [4.69, 9.17) is 5.10 Å². The largest absolute Gasteiger partial charge is 0.433 e. The number of likely N-dealkylation sites (N-methyl/N-ethyl adjacent to an activating group) is 1. The Kier molecular flexibility index (Phi) is 7.96.